The van der Waals surface area contributed by atoms with Crippen molar-refractivity contribution in [3.8, 4) is 11.4 Å². The monoisotopic (exact) mass is 475 g/mol. The Balaban J connectivity index is 1.38. The highest BCUT2D eigenvalue weighted by Gasteiger charge is 2.49. The first-order valence-corrected chi connectivity index (χ1v) is 10.6. The van der Waals surface area contributed by atoms with Gasteiger partial charge < -0.3 is 10.2 Å². The van der Waals surface area contributed by atoms with Gasteiger partial charge >= 0.3 is 6.18 Å². The normalized spacial score (nSPS) is 21.7. The summed E-state index contributed by atoms with van der Waals surface area (Å²) in [4.78, 5) is 26.8. The number of halogens is 5. The van der Waals surface area contributed by atoms with Gasteiger partial charge in [0.1, 0.15) is 0 Å². The molecule has 2 aliphatic rings. The van der Waals surface area contributed by atoms with Crippen LogP contribution < -0.4 is 5.32 Å². The molecule has 0 radical (unpaired) electrons. The van der Waals surface area contributed by atoms with Gasteiger partial charge in [-0.3, -0.25) is 4.79 Å². The largest absolute Gasteiger partial charge is 0.417 e. The minimum atomic E-state index is -4.69. The highest BCUT2D eigenvalue weighted by molar-refractivity contribution is 6.00. The zero-order valence-corrected chi connectivity index (χ0v) is 17.6. The lowest BCUT2D eigenvalue weighted by Crippen LogP contribution is -2.40. The Hall–Kier alpha value is -3.63. The summed E-state index contributed by atoms with van der Waals surface area (Å²) in [7, 11) is 0. The van der Waals surface area contributed by atoms with Crippen LogP contribution in [-0.4, -0.2) is 43.9 Å². The topological polar surface area (TPSA) is 71.0 Å². The number of carbonyl (C=O) groups is 1. The molecule has 3 atom stereocenters. The molecule has 11 heteroatoms. The SMILES string of the molecule is O=C(c1ccccc1-c1ncc(F)cn1)N1[C@@H]2CC[C@H]1[C@H](Nc1ncc(C(F)(F)F)cc1F)C2. The van der Waals surface area contributed by atoms with E-state index in [-0.39, 0.29) is 35.7 Å². The van der Waals surface area contributed by atoms with Gasteiger partial charge in [-0.05, 0) is 31.4 Å². The number of carbonyl (C=O) groups excluding carboxylic acids is 1. The van der Waals surface area contributed by atoms with Gasteiger partial charge in [-0.25, -0.2) is 23.7 Å². The Morgan fingerprint density at radius 2 is 1.76 bits per heavy atom. The van der Waals surface area contributed by atoms with E-state index in [2.05, 4.69) is 20.3 Å². The Morgan fingerprint density at radius 1 is 1.03 bits per heavy atom. The van der Waals surface area contributed by atoms with Crippen molar-refractivity contribution in [2.75, 3.05) is 5.32 Å². The number of alkyl halides is 3. The molecule has 2 saturated heterocycles. The van der Waals surface area contributed by atoms with E-state index in [0.29, 0.717) is 36.2 Å². The number of hydrogen-bond acceptors (Lipinski definition) is 5. The van der Waals surface area contributed by atoms with E-state index in [9.17, 15) is 26.7 Å². The van der Waals surface area contributed by atoms with Crippen molar-refractivity contribution in [2.24, 2.45) is 0 Å². The molecule has 2 bridgehead atoms. The molecule has 1 aromatic carbocycles. The molecule has 34 heavy (non-hydrogen) atoms. The van der Waals surface area contributed by atoms with Crippen molar-refractivity contribution in [3.63, 3.8) is 0 Å². The lowest BCUT2D eigenvalue weighted by molar-refractivity contribution is -0.138. The average Bonchev–Trinajstić information content (AvgIpc) is 3.37. The van der Waals surface area contributed by atoms with Crippen LogP contribution in [0.3, 0.4) is 0 Å². The van der Waals surface area contributed by atoms with E-state index in [1.54, 1.807) is 29.2 Å². The number of aromatic nitrogens is 3. The van der Waals surface area contributed by atoms with E-state index in [1.807, 2.05) is 0 Å². The van der Waals surface area contributed by atoms with Crippen LogP contribution in [0.2, 0.25) is 0 Å². The summed E-state index contributed by atoms with van der Waals surface area (Å²) in [5.41, 5.74) is -0.357. The van der Waals surface area contributed by atoms with Crippen LogP contribution >= 0.6 is 0 Å². The average molecular weight is 475 g/mol. The third-order valence-corrected chi connectivity index (χ3v) is 6.28. The molecular weight excluding hydrogens is 457 g/mol. The number of anilines is 1. The summed E-state index contributed by atoms with van der Waals surface area (Å²) in [5, 5.41) is 2.89. The predicted octanol–water partition coefficient (Wildman–Crippen LogP) is 4.69. The zero-order chi connectivity index (χ0) is 24.0. The van der Waals surface area contributed by atoms with Gasteiger partial charge in [-0.2, -0.15) is 13.2 Å². The molecule has 1 amide bonds. The summed E-state index contributed by atoms with van der Waals surface area (Å²) in [6, 6.07) is 6.38. The predicted molar refractivity (Wildman–Crippen MR) is 112 cm³/mol. The van der Waals surface area contributed by atoms with E-state index in [4.69, 9.17) is 0 Å². The molecule has 0 saturated carbocycles. The summed E-state index contributed by atoms with van der Waals surface area (Å²) in [6.07, 6.45) is -0.139. The van der Waals surface area contributed by atoms with Crippen molar-refractivity contribution in [3.05, 3.63) is 71.7 Å². The molecule has 5 rings (SSSR count). The molecular formula is C23H18F5N5O. The van der Waals surface area contributed by atoms with Crippen LogP contribution in [-0.2, 0) is 6.18 Å². The standard InChI is InChI=1S/C23H18F5N5O/c24-13-10-30-20(31-11-13)15-3-1-2-4-16(15)22(34)33-14-5-6-19(33)18(8-14)32-21-17(25)7-12(9-29-21)23(26,27)28/h1-4,7,9-11,14,18-19H,5-6,8H2,(H,29,32)/t14-,18-,19+/m1/s1. The molecule has 6 nitrogen and oxygen atoms in total. The molecule has 0 spiro atoms. The quantitative estimate of drug-likeness (QED) is 0.555. The highest BCUT2D eigenvalue weighted by Crippen LogP contribution is 2.41. The highest BCUT2D eigenvalue weighted by atomic mass is 19.4. The van der Waals surface area contributed by atoms with Gasteiger partial charge in [0.2, 0.25) is 0 Å². The number of rotatable bonds is 4. The summed E-state index contributed by atoms with van der Waals surface area (Å²) < 4.78 is 66.0. The minimum Gasteiger partial charge on any atom is -0.363 e. The lowest BCUT2D eigenvalue weighted by atomic mass is 9.95. The van der Waals surface area contributed by atoms with Gasteiger partial charge in [0.25, 0.3) is 5.91 Å². The molecule has 3 aromatic rings. The van der Waals surface area contributed by atoms with E-state index in [0.717, 1.165) is 18.8 Å². The van der Waals surface area contributed by atoms with Crippen molar-refractivity contribution < 1.29 is 26.7 Å². The minimum absolute atomic E-state index is 0.116. The smallest absolute Gasteiger partial charge is 0.363 e. The first-order chi connectivity index (χ1) is 16.2. The van der Waals surface area contributed by atoms with Crippen LogP contribution in [0.5, 0.6) is 0 Å². The maximum atomic E-state index is 14.3. The number of benzene rings is 1. The third kappa shape index (κ3) is 3.95. The number of fused-ring (bicyclic) bond motifs is 2. The second-order valence-electron chi connectivity index (χ2n) is 8.32. The van der Waals surface area contributed by atoms with E-state index in [1.165, 1.54) is 0 Å². The number of pyridine rings is 1. The van der Waals surface area contributed by atoms with Gasteiger partial charge in [0.05, 0.1) is 35.6 Å². The van der Waals surface area contributed by atoms with Gasteiger partial charge in [-0.1, -0.05) is 18.2 Å². The Kier molecular flexibility index (Phi) is 5.41. The fourth-order valence-corrected chi connectivity index (χ4v) is 4.79. The first-order valence-electron chi connectivity index (χ1n) is 10.6. The van der Waals surface area contributed by atoms with Crippen LogP contribution in [0.1, 0.15) is 35.2 Å². The maximum absolute atomic E-state index is 14.3. The molecule has 4 heterocycles. The number of hydrogen-bond donors (Lipinski definition) is 1. The van der Waals surface area contributed by atoms with Crippen molar-refractivity contribution in [2.45, 2.75) is 43.6 Å². The van der Waals surface area contributed by atoms with Crippen LogP contribution in [0.4, 0.5) is 27.8 Å². The van der Waals surface area contributed by atoms with Gasteiger partial charge in [-0.15, -0.1) is 0 Å². The van der Waals surface area contributed by atoms with Gasteiger partial charge in [0.15, 0.2) is 23.3 Å². The maximum Gasteiger partial charge on any atom is 0.417 e. The molecule has 176 valence electrons. The second kappa shape index (κ2) is 8.30. The van der Waals surface area contributed by atoms with Crippen molar-refractivity contribution >= 4 is 11.7 Å². The first kappa shape index (κ1) is 22.2. The summed E-state index contributed by atoms with van der Waals surface area (Å²) >= 11 is 0. The molecule has 0 aliphatic carbocycles. The number of nitrogens with zero attached hydrogens (tertiary/aromatic N) is 4. The molecule has 2 aliphatic heterocycles. The fraction of sp³-hybridized carbons (Fsp3) is 0.304. The molecule has 0 unspecified atom stereocenters. The molecule has 2 fully saturated rings. The van der Waals surface area contributed by atoms with Gasteiger partial charge in [0, 0.05) is 17.8 Å². The Morgan fingerprint density at radius 3 is 2.47 bits per heavy atom. The Labute approximate surface area is 190 Å². The number of amides is 1. The lowest BCUT2D eigenvalue weighted by Gasteiger charge is -2.26. The Bertz CT molecular complexity index is 1230. The van der Waals surface area contributed by atoms with Crippen LogP contribution in [0.15, 0.2) is 48.9 Å². The molecule has 1 N–H and O–H groups in total. The summed E-state index contributed by atoms with van der Waals surface area (Å²) in [6.45, 7) is 0. The summed E-state index contributed by atoms with van der Waals surface area (Å²) in [5.74, 6) is -2.03. The second-order valence-corrected chi connectivity index (χ2v) is 8.32. The fourth-order valence-electron chi connectivity index (χ4n) is 4.79. The van der Waals surface area contributed by atoms with Crippen LogP contribution in [0.25, 0.3) is 11.4 Å². The third-order valence-electron chi connectivity index (χ3n) is 6.28. The van der Waals surface area contributed by atoms with Crippen LogP contribution in [0, 0.1) is 11.6 Å². The zero-order valence-electron chi connectivity index (χ0n) is 17.6. The van der Waals surface area contributed by atoms with Crippen molar-refractivity contribution in [1.82, 2.24) is 19.9 Å². The number of nitrogens with one attached hydrogen (secondary N) is 1. The molecule has 2 aromatic heterocycles. The van der Waals surface area contributed by atoms with Crippen molar-refractivity contribution in [1.29, 1.82) is 0 Å². The van der Waals surface area contributed by atoms with E-state index < -0.39 is 23.4 Å². The van der Waals surface area contributed by atoms with E-state index >= 15 is 0 Å².